The highest BCUT2D eigenvalue weighted by molar-refractivity contribution is 7.14. The quantitative estimate of drug-likeness (QED) is 0.613. The van der Waals surface area contributed by atoms with Gasteiger partial charge in [-0.25, -0.2) is 9.37 Å². The number of thiazole rings is 1. The second-order valence-corrected chi connectivity index (χ2v) is 8.31. The molecule has 0 bridgehead atoms. The van der Waals surface area contributed by atoms with Crippen molar-refractivity contribution < 1.29 is 18.7 Å². The van der Waals surface area contributed by atoms with E-state index in [9.17, 15) is 9.18 Å². The number of nitrogens with zero attached hydrogens (tertiary/aromatic N) is 2. The Kier molecular flexibility index (Phi) is 6.60. The van der Waals surface area contributed by atoms with Gasteiger partial charge in [-0.15, -0.1) is 11.3 Å². The second kappa shape index (κ2) is 9.55. The van der Waals surface area contributed by atoms with Gasteiger partial charge in [0, 0.05) is 36.1 Å². The molecule has 1 amide bonds. The Morgan fingerprint density at radius 2 is 2.13 bits per heavy atom. The first-order valence-electron chi connectivity index (χ1n) is 10.1. The third-order valence-corrected chi connectivity index (χ3v) is 5.88. The number of hydrogen-bond donors (Lipinski definition) is 1. The molecule has 0 saturated carbocycles. The molecule has 2 heterocycles. The molecule has 8 heteroatoms. The lowest BCUT2D eigenvalue weighted by Gasteiger charge is -2.31. The Balaban J connectivity index is 1.38. The molecular formula is C23H24FN3O3S. The van der Waals surface area contributed by atoms with E-state index >= 15 is 0 Å². The fourth-order valence-electron chi connectivity index (χ4n) is 3.51. The summed E-state index contributed by atoms with van der Waals surface area (Å²) in [7, 11) is 1.42. The van der Waals surface area contributed by atoms with Gasteiger partial charge in [-0.05, 0) is 42.8 Å². The summed E-state index contributed by atoms with van der Waals surface area (Å²) in [6, 6.07) is 12.3. The summed E-state index contributed by atoms with van der Waals surface area (Å²) in [5.41, 5.74) is 2.93. The molecule has 0 spiro atoms. The highest BCUT2D eigenvalue weighted by atomic mass is 32.1. The number of ether oxygens (including phenoxy) is 2. The maximum atomic E-state index is 13.9. The van der Waals surface area contributed by atoms with Crippen LogP contribution < -0.4 is 10.1 Å². The Hall–Kier alpha value is -2.81. The van der Waals surface area contributed by atoms with E-state index in [-0.39, 0.29) is 17.8 Å². The summed E-state index contributed by atoms with van der Waals surface area (Å²) in [5.74, 6) is -0.502. The summed E-state index contributed by atoms with van der Waals surface area (Å²) in [6.45, 7) is 5.49. The minimum absolute atomic E-state index is 0.180. The third kappa shape index (κ3) is 5.28. The Morgan fingerprint density at radius 1 is 1.32 bits per heavy atom. The monoisotopic (exact) mass is 441 g/mol. The highest BCUT2D eigenvalue weighted by Crippen LogP contribution is 2.28. The number of morpholine rings is 1. The highest BCUT2D eigenvalue weighted by Gasteiger charge is 2.17. The van der Waals surface area contributed by atoms with Crippen molar-refractivity contribution in [3.05, 3.63) is 64.8 Å². The van der Waals surface area contributed by atoms with Crippen LogP contribution in [0.15, 0.2) is 47.8 Å². The lowest BCUT2D eigenvalue weighted by molar-refractivity contribution is -0.0212. The Labute approximate surface area is 184 Å². The smallest absolute Gasteiger partial charge is 0.257 e. The predicted molar refractivity (Wildman–Crippen MR) is 119 cm³/mol. The number of nitrogens with one attached hydrogen (secondary N) is 1. The zero-order valence-corrected chi connectivity index (χ0v) is 18.2. The molecular weight excluding hydrogens is 417 g/mol. The first-order chi connectivity index (χ1) is 15.0. The largest absolute Gasteiger partial charge is 0.494 e. The fraction of sp³-hybridized carbons (Fsp3) is 0.304. The van der Waals surface area contributed by atoms with Gasteiger partial charge < -0.3 is 9.47 Å². The van der Waals surface area contributed by atoms with Crippen molar-refractivity contribution in [2.24, 2.45) is 0 Å². The second-order valence-electron chi connectivity index (χ2n) is 7.45. The Morgan fingerprint density at radius 3 is 2.84 bits per heavy atom. The van der Waals surface area contributed by atoms with Crippen LogP contribution in [0.4, 0.5) is 9.52 Å². The predicted octanol–water partition coefficient (Wildman–Crippen LogP) is 4.43. The van der Waals surface area contributed by atoms with Gasteiger partial charge in [0.2, 0.25) is 0 Å². The molecule has 1 fully saturated rings. The first-order valence-corrected chi connectivity index (χ1v) is 10.9. The van der Waals surface area contributed by atoms with Crippen LogP contribution in [0.25, 0.3) is 11.3 Å². The molecule has 0 unspecified atom stereocenters. The average Bonchev–Trinajstić information content (AvgIpc) is 3.22. The molecule has 31 heavy (non-hydrogen) atoms. The number of rotatable bonds is 6. The van der Waals surface area contributed by atoms with E-state index in [4.69, 9.17) is 9.47 Å². The summed E-state index contributed by atoms with van der Waals surface area (Å²) >= 11 is 1.29. The number of benzene rings is 2. The van der Waals surface area contributed by atoms with Gasteiger partial charge >= 0.3 is 0 Å². The molecule has 1 saturated heterocycles. The summed E-state index contributed by atoms with van der Waals surface area (Å²) in [5, 5.41) is 5.06. The van der Waals surface area contributed by atoms with Crippen molar-refractivity contribution in [2.45, 2.75) is 19.6 Å². The molecule has 4 rings (SSSR count). The van der Waals surface area contributed by atoms with Gasteiger partial charge in [0.05, 0.1) is 25.5 Å². The van der Waals surface area contributed by atoms with E-state index < -0.39 is 5.82 Å². The third-order valence-electron chi connectivity index (χ3n) is 5.12. The van der Waals surface area contributed by atoms with Gasteiger partial charge in [-0.1, -0.05) is 12.1 Å². The molecule has 1 aliphatic rings. The number of hydrogen-bond acceptors (Lipinski definition) is 6. The van der Waals surface area contributed by atoms with E-state index in [0.29, 0.717) is 22.0 Å². The van der Waals surface area contributed by atoms with Crippen molar-refractivity contribution >= 4 is 22.4 Å². The van der Waals surface area contributed by atoms with Crippen LogP contribution in [0.3, 0.4) is 0 Å². The minimum atomic E-state index is -0.454. The van der Waals surface area contributed by atoms with E-state index in [2.05, 4.69) is 22.1 Å². The van der Waals surface area contributed by atoms with Crippen LogP contribution in [0, 0.1) is 5.82 Å². The molecule has 1 atom stereocenters. The van der Waals surface area contributed by atoms with E-state index in [1.165, 1.54) is 24.5 Å². The SMILES string of the molecule is COc1ccc(-c2csc(NC(=O)c3ccc(CN4CCO[C@@H](C)C4)cc3)n2)cc1F. The van der Waals surface area contributed by atoms with E-state index in [1.807, 2.05) is 24.3 Å². The van der Waals surface area contributed by atoms with Crippen LogP contribution in [0.1, 0.15) is 22.8 Å². The standard InChI is InChI=1S/C23H24FN3O3S/c1-15-12-27(9-10-30-15)13-16-3-5-17(6-4-16)22(28)26-23-25-20(14-31-23)18-7-8-21(29-2)19(24)11-18/h3-8,11,14-15H,9-10,12-13H2,1-2H3,(H,25,26,28)/t15-/m0/s1. The van der Waals surface area contributed by atoms with Crippen molar-refractivity contribution in [2.75, 3.05) is 32.1 Å². The van der Waals surface area contributed by atoms with Gasteiger partial charge in [0.15, 0.2) is 16.7 Å². The molecule has 1 aromatic heterocycles. The van der Waals surface area contributed by atoms with Crippen LogP contribution in [-0.4, -0.2) is 48.7 Å². The van der Waals surface area contributed by atoms with Crippen molar-refractivity contribution in [3.8, 4) is 17.0 Å². The van der Waals surface area contributed by atoms with Gasteiger partial charge in [0.1, 0.15) is 0 Å². The Bertz CT molecular complexity index is 1050. The number of anilines is 1. The van der Waals surface area contributed by atoms with Crippen LogP contribution in [0.2, 0.25) is 0 Å². The maximum absolute atomic E-state index is 13.9. The summed E-state index contributed by atoms with van der Waals surface area (Å²) in [4.78, 5) is 19.3. The average molecular weight is 442 g/mol. The molecule has 1 aliphatic heterocycles. The first kappa shape index (κ1) is 21.4. The number of carbonyl (C=O) groups excluding carboxylic acids is 1. The number of aromatic nitrogens is 1. The normalized spacial score (nSPS) is 16.8. The van der Waals surface area contributed by atoms with Gasteiger partial charge in [-0.2, -0.15) is 0 Å². The zero-order valence-electron chi connectivity index (χ0n) is 17.4. The fourth-order valence-corrected chi connectivity index (χ4v) is 4.23. The molecule has 3 aromatic rings. The number of amides is 1. The molecule has 1 N–H and O–H groups in total. The van der Waals surface area contributed by atoms with E-state index in [0.717, 1.165) is 31.8 Å². The summed E-state index contributed by atoms with van der Waals surface area (Å²) in [6.07, 6.45) is 0.247. The summed E-state index contributed by atoms with van der Waals surface area (Å²) < 4.78 is 24.5. The molecule has 162 valence electrons. The van der Waals surface area contributed by atoms with Crippen molar-refractivity contribution in [1.29, 1.82) is 0 Å². The number of methoxy groups -OCH3 is 1. The minimum Gasteiger partial charge on any atom is -0.494 e. The lowest BCUT2D eigenvalue weighted by atomic mass is 10.1. The number of halogens is 1. The lowest BCUT2D eigenvalue weighted by Crippen LogP contribution is -2.40. The van der Waals surface area contributed by atoms with Crippen LogP contribution >= 0.6 is 11.3 Å². The molecule has 2 aromatic carbocycles. The molecule has 6 nitrogen and oxygen atoms in total. The topological polar surface area (TPSA) is 63.7 Å². The van der Waals surface area contributed by atoms with Crippen molar-refractivity contribution in [1.82, 2.24) is 9.88 Å². The van der Waals surface area contributed by atoms with Gasteiger partial charge in [0.25, 0.3) is 5.91 Å². The van der Waals surface area contributed by atoms with E-state index in [1.54, 1.807) is 17.5 Å². The van der Waals surface area contributed by atoms with Crippen molar-refractivity contribution in [3.63, 3.8) is 0 Å². The van der Waals surface area contributed by atoms with Crippen LogP contribution in [-0.2, 0) is 11.3 Å². The molecule has 0 radical (unpaired) electrons. The zero-order chi connectivity index (χ0) is 21.8. The maximum Gasteiger partial charge on any atom is 0.257 e. The van der Waals surface area contributed by atoms with Gasteiger partial charge in [-0.3, -0.25) is 15.0 Å². The molecule has 0 aliphatic carbocycles. The number of carbonyl (C=O) groups is 1. The van der Waals surface area contributed by atoms with Crippen LogP contribution in [0.5, 0.6) is 5.75 Å².